The van der Waals surface area contributed by atoms with Gasteiger partial charge in [0, 0.05) is 16.9 Å². The largest absolute Gasteiger partial charge is 0.466 e. The quantitative estimate of drug-likeness (QED) is 0.689. The van der Waals surface area contributed by atoms with E-state index in [2.05, 4.69) is 26.6 Å². The molecule has 2 N–H and O–H groups in total. The van der Waals surface area contributed by atoms with Crippen LogP contribution >= 0.6 is 15.9 Å². The minimum atomic E-state index is -0.390. The molecular weight excluding hydrogens is 348 g/mol. The highest BCUT2D eigenvalue weighted by atomic mass is 79.9. The van der Waals surface area contributed by atoms with Gasteiger partial charge in [0.05, 0.1) is 19.1 Å². The van der Waals surface area contributed by atoms with Crippen LogP contribution in [0.3, 0.4) is 0 Å². The molecule has 122 valence electrons. The number of ether oxygens (including phenoxy) is 1. The predicted molar refractivity (Wildman–Crippen MR) is 89.4 cm³/mol. The Morgan fingerprint density at radius 2 is 1.91 bits per heavy atom. The maximum absolute atomic E-state index is 12.2. The Balaban J connectivity index is 2.84. The Kier molecular flexibility index (Phi) is 8.12. The molecule has 22 heavy (non-hydrogen) atoms. The molecule has 0 aromatic heterocycles. The highest BCUT2D eigenvalue weighted by molar-refractivity contribution is 9.10. The summed E-state index contributed by atoms with van der Waals surface area (Å²) in [4.78, 5) is 24.0. The maximum Gasteiger partial charge on any atom is 0.308 e. The van der Waals surface area contributed by atoms with Gasteiger partial charge in [-0.2, -0.15) is 0 Å². The van der Waals surface area contributed by atoms with E-state index < -0.39 is 0 Å². The topological polar surface area (TPSA) is 67.4 Å². The number of carbonyl (C=O) groups excluding carboxylic acids is 2. The van der Waals surface area contributed by atoms with Gasteiger partial charge in [-0.3, -0.25) is 9.59 Å². The third-order valence-corrected chi connectivity index (χ3v) is 3.75. The molecule has 0 bridgehead atoms. The third-order valence-electron chi connectivity index (χ3n) is 3.22. The molecule has 0 aliphatic carbocycles. The van der Waals surface area contributed by atoms with Crippen molar-refractivity contribution in [3.8, 4) is 0 Å². The first-order valence-electron chi connectivity index (χ1n) is 7.34. The highest BCUT2D eigenvalue weighted by Crippen LogP contribution is 2.21. The number of carbonyl (C=O) groups is 2. The molecule has 0 saturated heterocycles. The Morgan fingerprint density at radius 1 is 1.27 bits per heavy atom. The molecule has 1 aromatic rings. The number of rotatable bonds is 8. The fourth-order valence-electron chi connectivity index (χ4n) is 2.05. The van der Waals surface area contributed by atoms with Crippen LogP contribution in [0.15, 0.2) is 28.7 Å². The van der Waals surface area contributed by atoms with Crippen LogP contribution in [0.2, 0.25) is 0 Å². The number of benzene rings is 1. The lowest BCUT2D eigenvalue weighted by atomic mass is 10.0. The summed E-state index contributed by atoms with van der Waals surface area (Å²) < 4.78 is 5.94. The number of esters is 1. The maximum atomic E-state index is 12.2. The number of nitrogens with one attached hydrogen (secondary N) is 2. The smallest absolute Gasteiger partial charge is 0.308 e. The van der Waals surface area contributed by atoms with Crippen molar-refractivity contribution in [3.05, 3.63) is 34.3 Å². The van der Waals surface area contributed by atoms with Gasteiger partial charge in [0.25, 0.3) is 0 Å². The van der Waals surface area contributed by atoms with Crippen molar-refractivity contribution in [2.24, 2.45) is 5.92 Å². The Bertz CT molecular complexity index is 491. The molecule has 6 heteroatoms. The monoisotopic (exact) mass is 370 g/mol. The van der Waals surface area contributed by atoms with Gasteiger partial charge < -0.3 is 15.4 Å². The average molecular weight is 371 g/mol. The van der Waals surface area contributed by atoms with Gasteiger partial charge in [-0.05, 0) is 31.7 Å². The normalized spacial score (nSPS) is 13.3. The molecular formula is C16H23BrN2O3. The lowest BCUT2D eigenvalue weighted by Crippen LogP contribution is -2.37. The minimum absolute atomic E-state index is 0.0911. The van der Waals surface area contributed by atoms with E-state index in [0.29, 0.717) is 13.2 Å². The van der Waals surface area contributed by atoms with Crippen molar-refractivity contribution in [2.45, 2.75) is 26.3 Å². The molecule has 0 spiro atoms. The molecule has 2 unspecified atom stereocenters. The van der Waals surface area contributed by atoms with Crippen molar-refractivity contribution >= 4 is 27.8 Å². The van der Waals surface area contributed by atoms with Gasteiger partial charge in [-0.1, -0.05) is 35.0 Å². The summed E-state index contributed by atoms with van der Waals surface area (Å²) in [7, 11) is 1.80. The van der Waals surface area contributed by atoms with E-state index in [9.17, 15) is 9.59 Å². The van der Waals surface area contributed by atoms with Crippen molar-refractivity contribution in [1.82, 2.24) is 10.6 Å². The molecule has 2 atom stereocenters. The summed E-state index contributed by atoms with van der Waals surface area (Å²) in [6, 6.07) is 7.15. The van der Waals surface area contributed by atoms with Gasteiger partial charge in [0.15, 0.2) is 0 Å². The van der Waals surface area contributed by atoms with E-state index in [1.54, 1.807) is 14.0 Å². The summed E-state index contributed by atoms with van der Waals surface area (Å²) in [5, 5.41) is 5.90. The summed E-state index contributed by atoms with van der Waals surface area (Å²) in [6.45, 7) is 4.52. The van der Waals surface area contributed by atoms with Crippen LogP contribution in [0.5, 0.6) is 0 Å². The predicted octanol–water partition coefficient (Wildman–Crippen LogP) is 2.42. The van der Waals surface area contributed by atoms with Crippen LogP contribution in [0, 0.1) is 5.92 Å². The van der Waals surface area contributed by atoms with E-state index >= 15 is 0 Å². The molecule has 0 saturated carbocycles. The van der Waals surface area contributed by atoms with Crippen LogP contribution in [-0.2, 0) is 14.3 Å². The van der Waals surface area contributed by atoms with Gasteiger partial charge in [-0.15, -0.1) is 0 Å². The van der Waals surface area contributed by atoms with Gasteiger partial charge >= 0.3 is 5.97 Å². The molecule has 0 aliphatic rings. The van der Waals surface area contributed by atoms with Gasteiger partial charge in [0.2, 0.25) is 5.91 Å². The Labute approximate surface area is 139 Å². The van der Waals surface area contributed by atoms with Crippen molar-refractivity contribution in [1.29, 1.82) is 0 Å². The zero-order chi connectivity index (χ0) is 16.5. The summed E-state index contributed by atoms with van der Waals surface area (Å²) in [5.41, 5.74) is 0.876. The van der Waals surface area contributed by atoms with Crippen molar-refractivity contribution in [3.63, 3.8) is 0 Å². The van der Waals surface area contributed by atoms with Crippen molar-refractivity contribution in [2.75, 3.05) is 20.2 Å². The first-order chi connectivity index (χ1) is 10.5. The molecule has 1 amide bonds. The zero-order valence-corrected chi connectivity index (χ0v) is 14.8. The van der Waals surface area contributed by atoms with Gasteiger partial charge in [-0.25, -0.2) is 0 Å². The fourth-order valence-corrected chi connectivity index (χ4v) is 2.31. The molecule has 0 radical (unpaired) electrons. The van der Waals surface area contributed by atoms with E-state index in [1.165, 1.54) is 0 Å². The lowest BCUT2D eigenvalue weighted by Gasteiger charge is -2.21. The second kappa shape index (κ2) is 9.58. The number of halogens is 1. The molecule has 1 rings (SSSR count). The van der Waals surface area contributed by atoms with Crippen LogP contribution in [0.4, 0.5) is 0 Å². The van der Waals surface area contributed by atoms with Crippen LogP contribution in [0.25, 0.3) is 0 Å². The number of hydrogen-bond acceptors (Lipinski definition) is 4. The summed E-state index contributed by atoms with van der Waals surface area (Å²) in [6.07, 6.45) is 0.119. The van der Waals surface area contributed by atoms with E-state index in [0.717, 1.165) is 10.0 Å². The molecule has 0 fully saturated rings. The molecule has 1 aromatic carbocycles. The fraction of sp³-hybridized carbons (Fsp3) is 0.500. The number of hydrogen-bond donors (Lipinski definition) is 2. The van der Waals surface area contributed by atoms with Crippen molar-refractivity contribution < 1.29 is 14.3 Å². The minimum Gasteiger partial charge on any atom is -0.466 e. The SMILES string of the molecule is CCOC(=O)CC(NC(=O)C(C)CNC)c1ccc(Br)cc1. The Morgan fingerprint density at radius 3 is 2.45 bits per heavy atom. The average Bonchev–Trinajstić information content (AvgIpc) is 2.47. The second-order valence-corrected chi connectivity index (χ2v) is 6.00. The molecule has 5 nitrogen and oxygen atoms in total. The summed E-state index contributed by atoms with van der Waals surface area (Å²) >= 11 is 3.38. The first kappa shape index (κ1) is 18.6. The zero-order valence-electron chi connectivity index (χ0n) is 13.2. The van der Waals surface area contributed by atoms with Gasteiger partial charge in [0.1, 0.15) is 0 Å². The van der Waals surface area contributed by atoms with E-state index in [-0.39, 0.29) is 30.3 Å². The molecule has 0 aliphatic heterocycles. The van der Waals surface area contributed by atoms with E-state index in [4.69, 9.17) is 4.74 Å². The van der Waals surface area contributed by atoms with Crippen LogP contribution in [-0.4, -0.2) is 32.1 Å². The number of amides is 1. The standard InChI is InChI=1S/C16H23BrN2O3/c1-4-22-15(20)9-14(12-5-7-13(17)8-6-12)19-16(21)11(2)10-18-3/h5-8,11,14,18H,4,9-10H2,1-3H3,(H,19,21). The Hall–Kier alpha value is -1.40. The highest BCUT2D eigenvalue weighted by Gasteiger charge is 2.21. The summed E-state index contributed by atoms with van der Waals surface area (Å²) in [5.74, 6) is -0.589. The third kappa shape index (κ3) is 6.15. The molecule has 0 heterocycles. The first-order valence-corrected chi connectivity index (χ1v) is 8.13. The van der Waals surface area contributed by atoms with Crippen LogP contribution in [0.1, 0.15) is 31.9 Å². The van der Waals surface area contributed by atoms with E-state index in [1.807, 2.05) is 31.2 Å². The lowest BCUT2D eigenvalue weighted by molar-refractivity contribution is -0.143. The second-order valence-electron chi connectivity index (χ2n) is 5.08. The van der Waals surface area contributed by atoms with Crippen LogP contribution < -0.4 is 10.6 Å².